The van der Waals surface area contributed by atoms with Crippen LogP contribution in [0.25, 0.3) is 10.9 Å². The molecule has 0 saturated heterocycles. The van der Waals surface area contributed by atoms with Gasteiger partial charge in [-0.05, 0) is 25.5 Å². The predicted octanol–water partition coefficient (Wildman–Crippen LogP) is 4.03. The number of fused-ring (bicyclic) bond motifs is 1. The first-order valence-corrected chi connectivity index (χ1v) is 6.74. The van der Waals surface area contributed by atoms with E-state index < -0.39 is 0 Å². The average molecular weight is 263 g/mol. The van der Waals surface area contributed by atoms with E-state index in [0.717, 1.165) is 27.6 Å². The molecule has 3 aromatic rings. The standard InChI is InChI=1S/C18H17NO/c1-12-8-9-14(13(2)10-12)18(20)16-11-19(3)17-7-5-4-6-15(16)17/h4-11H,1-3H3. The summed E-state index contributed by atoms with van der Waals surface area (Å²) in [5, 5.41) is 1.01. The van der Waals surface area contributed by atoms with E-state index in [1.165, 1.54) is 5.56 Å². The highest BCUT2D eigenvalue weighted by Crippen LogP contribution is 2.24. The molecule has 0 aliphatic carbocycles. The smallest absolute Gasteiger partial charge is 0.195 e. The summed E-state index contributed by atoms with van der Waals surface area (Å²) in [5.74, 6) is 0.0966. The lowest BCUT2D eigenvalue weighted by Crippen LogP contribution is -2.03. The summed E-state index contributed by atoms with van der Waals surface area (Å²) in [6.07, 6.45) is 1.92. The van der Waals surface area contributed by atoms with Crippen molar-refractivity contribution >= 4 is 16.7 Å². The minimum atomic E-state index is 0.0966. The molecular weight excluding hydrogens is 246 g/mol. The number of hydrogen-bond acceptors (Lipinski definition) is 1. The lowest BCUT2D eigenvalue weighted by molar-refractivity contribution is 0.103. The molecule has 2 aromatic carbocycles. The minimum Gasteiger partial charge on any atom is -0.350 e. The highest BCUT2D eigenvalue weighted by atomic mass is 16.1. The van der Waals surface area contributed by atoms with E-state index in [9.17, 15) is 4.79 Å². The molecule has 100 valence electrons. The first-order chi connectivity index (χ1) is 9.58. The second-order valence-corrected chi connectivity index (χ2v) is 5.32. The normalized spacial score (nSPS) is 10.9. The zero-order valence-electron chi connectivity index (χ0n) is 12.0. The van der Waals surface area contributed by atoms with E-state index in [2.05, 4.69) is 6.07 Å². The third-order valence-corrected chi connectivity index (χ3v) is 3.77. The molecule has 0 atom stereocenters. The van der Waals surface area contributed by atoms with E-state index >= 15 is 0 Å². The second kappa shape index (κ2) is 4.64. The van der Waals surface area contributed by atoms with Crippen LogP contribution >= 0.6 is 0 Å². The molecule has 0 radical (unpaired) electrons. The molecule has 2 nitrogen and oxygen atoms in total. The average Bonchev–Trinajstić information content (AvgIpc) is 2.76. The number of nitrogens with zero attached hydrogens (tertiary/aromatic N) is 1. The van der Waals surface area contributed by atoms with Crippen LogP contribution in [0, 0.1) is 13.8 Å². The molecule has 0 N–H and O–H groups in total. The Morgan fingerprint density at radius 1 is 1.00 bits per heavy atom. The number of hydrogen-bond donors (Lipinski definition) is 0. The van der Waals surface area contributed by atoms with Gasteiger partial charge in [-0.2, -0.15) is 0 Å². The number of aromatic nitrogens is 1. The number of rotatable bonds is 2. The van der Waals surface area contributed by atoms with Crippen molar-refractivity contribution in [2.45, 2.75) is 13.8 Å². The van der Waals surface area contributed by atoms with E-state index in [4.69, 9.17) is 0 Å². The van der Waals surface area contributed by atoms with E-state index in [1.54, 1.807) is 0 Å². The van der Waals surface area contributed by atoms with Crippen molar-refractivity contribution in [3.05, 3.63) is 70.9 Å². The molecule has 0 aliphatic rings. The minimum absolute atomic E-state index is 0.0966. The van der Waals surface area contributed by atoms with Crippen molar-refractivity contribution in [3.8, 4) is 0 Å². The molecule has 0 saturated carbocycles. The Hall–Kier alpha value is -2.35. The van der Waals surface area contributed by atoms with Crippen molar-refractivity contribution in [1.29, 1.82) is 0 Å². The van der Waals surface area contributed by atoms with E-state index in [1.807, 2.05) is 68.1 Å². The molecule has 20 heavy (non-hydrogen) atoms. The van der Waals surface area contributed by atoms with Crippen LogP contribution in [-0.4, -0.2) is 10.4 Å². The van der Waals surface area contributed by atoms with Crippen LogP contribution in [0.1, 0.15) is 27.0 Å². The Labute approximate surface area is 118 Å². The quantitative estimate of drug-likeness (QED) is 0.640. The molecule has 0 bridgehead atoms. The number of carbonyl (C=O) groups excluding carboxylic acids is 1. The molecule has 1 heterocycles. The molecule has 0 amide bonds. The van der Waals surface area contributed by atoms with E-state index in [-0.39, 0.29) is 5.78 Å². The number of carbonyl (C=O) groups is 1. The molecular formula is C18H17NO. The summed E-state index contributed by atoms with van der Waals surface area (Å²) in [4.78, 5) is 12.8. The number of para-hydroxylation sites is 1. The van der Waals surface area contributed by atoms with Gasteiger partial charge in [-0.1, -0.05) is 42.0 Å². The third-order valence-electron chi connectivity index (χ3n) is 3.77. The zero-order chi connectivity index (χ0) is 14.3. The van der Waals surface area contributed by atoms with Gasteiger partial charge >= 0.3 is 0 Å². The van der Waals surface area contributed by atoms with Gasteiger partial charge in [0.25, 0.3) is 0 Å². The van der Waals surface area contributed by atoms with E-state index in [0.29, 0.717) is 0 Å². The maximum atomic E-state index is 12.8. The Balaban J connectivity index is 2.18. The predicted molar refractivity (Wildman–Crippen MR) is 82.3 cm³/mol. The lowest BCUT2D eigenvalue weighted by Gasteiger charge is -2.05. The van der Waals surface area contributed by atoms with Gasteiger partial charge in [0, 0.05) is 35.3 Å². The van der Waals surface area contributed by atoms with Crippen LogP contribution in [-0.2, 0) is 7.05 Å². The Morgan fingerprint density at radius 3 is 2.50 bits per heavy atom. The van der Waals surface area contributed by atoms with Crippen molar-refractivity contribution in [3.63, 3.8) is 0 Å². The van der Waals surface area contributed by atoms with Crippen molar-refractivity contribution < 1.29 is 4.79 Å². The Bertz CT molecular complexity index is 811. The summed E-state index contributed by atoms with van der Waals surface area (Å²) in [6.45, 7) is 4.03. The van der Waals surface area contributed by atoms with Gasteiger partial charge in [0.05, 0.1) is 0 Å². The van der Waals surface area contributed by atoms with Gasteiger partial charge in [-0.25, -0.2) is 0 Å². The summed E-state index contributed by atoms with van der Waals surface area (Å²) in [7, 11) is 1.97. The Kier molecular flexibility index (Phi) is 2.94. The summed E-state index contributed by atoms with van der Waals surface area (Å²) in [6, 6.07) is 14.0. The fourth-order valence-electron chi connectivity index (χ4n) is 2.74. The number of benzene rings is 2. The van der Waals surface area contributed by atoms with Gasteiger partial charge in [-0.15, -0.1) is 0 Å². The molecule has 0 spiro atoms. The summed E-state index contributed by atoms with van der Waals surface area (Å²) >= 11 is 0. The first kappa shape index (κ1) is 12.7. The maximum Gasteiger partial charge on any atom is 0.195 e. The van der Waals surface area contributed by atoms with Crippen molar-refractivity contribution in [2.24, 2.45) is 7.05 Å². The van der Waals surface area contributed by atoms with Crippen LogP contribution < -0.4 is 0 Å². The van der Waals surface area contributed by atoms with Gasteiger partial charge in [0.1, 0.15) is 0 Å². The molecule has 2 heteroatoms. The summed E-state index contributed by atoms with van der Waals surface area (Å²) in [5.41, 5.74) is 4.85. The first-order valence-electron chi connectivity index (χ1n) is 6.74. The Morgan fingerprint density at radius 2 is 1.75 bits per heavy atom. The molecule has 1 aromatic heterocycles. The van der Waals surface area contributed by atoms with Gasteiger partial charge in [0.15, 0.2) is 5.78 Å². The van der Waals surface area contributed by atoms with Gasteiger partial charge < -0.3 is 4.57 Å². The molecule has 0 fully saturated rings. The number of aryl methyl sites for hydroxylation is 3. The van der Waals surface area contributed by atoms with Crippen LogP contribution in [0.15, 0.2) is 48.7 Å². The summed E-state index contributed by atoms with van der Waals surface area (Å²) < 4.78 is 2.01. The van der Waals surface area contributed by atoms with Crippen molar-refractivity contribution in [2.75, 3.05) is 0 Å². The molecule has 0 aliphatic heterocycles. The topological polar surface area (TPSA) is 22.0 Å². The third kappa shape index (κ3) is 1.94. The monoisotopic (exact) mass is 263 g/mol. The zero-order valence-corrected chi connectivity index (χ0v) is 12.0. The maximum absolute atomic E-state index is 12.8. The van der Waals surface area contributed by atoms with Crippen LogP contribution in [0.2, 0.25) is 0 Å². The largest absolute Gasteiger partial charge is 0.350 e. The highest BCUT2D eigenvalue weighted by Gasteiger charge is 2.16. The second-order valence-electron chi connectivity index (χ2n) is 5.32. The SMILES string of the molecule is Cc1ccc(C(=O)c2cn(C)c3ccccc23)c(C)c1. The van der Waals surface area contributed by atoms with Crippen LogP contribution in [0.3, 0.4) is 0 Å². The van der Waals surface area contributed by atoms with Crippen LogP contribution in [0.4, 0.5) is 0 Å². The highest BCUT2D eigenvalue weighted by molar-refractivity contribution is 6.17. The lowest BCUT2D eigenvalue weighted by atomic mass is 9.97. The van der Waals surface area contributed by atoms with Gasteiger partial charge in [0.2, 0.25) is 0 Å². The fourth-order valence-corrected chi connectivity index (χ4v) is 2.74. The molecule has 3 rings (SSSR count). The van der Waals surface area contributed by atoms with Crippen molar-refractivity contribution in [1.82, 2.24) is 4.57 Å². The number of ketones is 1. The van der Waals surface area contributed by atoms with Crippen LogP contribution in [0.5, 0.6) is 0 Å². The molecule has 0 unspecified atom stereocenters. The fraction of sp³-hybridized carbons (Fsp3) is 0.167. The van der Waals surface area contributed by atoms with Gasteiger partial charge in [-0.3, -0.25) is 4.79 Å².